The topological polar surface area (TPSA) is 142 Å². The van der Waals surface area contributed by atoms with Crippen LogP contribution < -0.4 is 10.9 Å². The van der Waals surface area contributed by atoms with Gasteiger partial charge in [-0.2, -0.15) is 0 Å². The molecule has 10 nitrogen and oxygen atoms in total. The summed E-state index contributed by atoms with van der Waals surface area (Å²) >= 11 is 0.743. The molecule has 0 spiro atoms. The zero-order valence-corrected chi connectivity index (χ0v) is 17.8. The number of H-pyrrole nitrogens is 1. The predicted molar refractivity (Wildman–Crippen MR) is 123 cm³/mol. The first-order valence-electron chi connectivity index (χ1n) is 9.73. The van der Waals surface area contributed by atoms with Crippen LogP contribution in [0.5, 0.6) is 0 Å². The molecule has 0 radical (unpaired) electrons. The normalized spacial score (nSPS) is 14.8. The minimum Gasteiger partial charge on any atom is -0.350 e. The van der Waals surface area contributed by atoms with Gasteiger partial charge in [0, 0.05) is 30.7 Å². The maximum absolute atomic E-state index is 12.6. The number of nitro benzene ring substituents is 1. The number of nitrogens with one attached hydrogen (secondary N) is 2. The second-order valence-corrected chi connectivity index (χ2v) is 8.03. The molecule has 3 amide bonds. The van der Waals surface area contributed by atoms with E-state index in [1.807, 2.05) is 0 Å². The number of non-ortho nitro benzene ring substituents is 1. The summed E-state index contributed by atoms with van der Waals surface area (Å²) in [6.07, 6.45) is 1.47. The van der Waals surface area contributed by atoms with E-state index in [0.29, 0.717) is 16.5 Å². The smallest absolute Gasteiger partial charge is 0.293 e. The van der Waals surface area contributed by atoms with Gasteiger partial charge in [0.2, 0.25) is 0 Å². The Hall–Kier alpha value is -4.25. The Morgan fingerprint density at radius 1 is 1.12 bits per heavy atom. The van der Waals surface area contributed by atoms with Gasteiger partial charge in [0.25, 0.3) is 28.3 Å². The van der Waals surface area contributed by atoms with Gasteiger partial charge in [-0.25, -0.2) is 0 Å². The highest BCUT2D eigenvalue weighted by molar-refractivity contribution is 8.18. The Morgan fingerprint density at radius 2 is 1.85 bits per heavy atom. The van der Waals surface area contributed by atoms with Crippen molar-refractivity contribution in [2.24, 2.45) is 0 Å². The fourth-order valence-electron chi connectivity index (χ4n) is 3.23. The van der Waals surface area contributed by atoms with Gasteiger partial charge in [-0.1, -0.05) is 18.2 Å². The molecule has 1 aliphatic rings. The van der Waals surface area contributed by atoms with Gasteiger partial charge < -0.3 is 10.3 Å². The Balaban J connectivity index is 1.39. The van der Waals surface area contributed by atoms with Crippen LogP contribution >= 0.6 is 11.8 Å². The van der Waals surface area contributed by atoms with Crippen LogP contribution in [-0.4, -0.2) is 45.0 Å². The van der Waals surface area contributed by atoms with Crippen LogP contribution in [0.3, 0.4) is 0 Å². The third kappa shape index (κ3) is 4.67. The summed E-state index contributed by atoms with van der Waals surface area (Å²) in [7, 11) is 0. The molecule has 1 aliphatic heterocycles. The zero-order valence-electron chi connectivity index (χ0n) is 16.9. The Kier molecular flexibility index (Phi) is 6.05. The van der Waals surface area contributed by atoms with Crippen molar-refractivity contribution in [3.8, 4) is 0 Å². The van der Waals surface area contributed by atoms with Crippen molar-refractivity contribution in [2.45, 2.75) is 0 Å². The third-order valence-electron chi connectivity index (χ3n) is 4.89. The average Bonchev–Trinajstić information content (AvgIpc) is 3.06. The highest BCUT2D eigenvalue weighted by Gasteiger charge is 2.34. The van der Waals surface area contributed by atoms with Crippen LogP contribution in [0.1, 0.15) is 15.9 Å². The molecule has 0 atom stereocenters. The number of benzene rings is 2. The van der Waals surface area contributed by atoms with E-state index < -0.39 is 27.5 Å². The van der Waals surface area contributed by atoms with Gasteiger partial charge in [0.05, 0.1) is 9.83 Å². The number of fused-ring (bicyclic) bond motifs is 1. The molecular formula is C22H16N4O6S. The zero-order chi connectivity index (χ0) is 23.5. The number of imide groups is 1. The lowest BCUT2D eigenvalue weighted by Gasteiger charge is -2.13. The second-order valence-electron chi connectivity index (χ2n) is 7.04. The van der Waals surface area contributed by atoms with E-state index in [2.05, 4.69) is 10.3 Å². The van der Waals surface area contributed by atoms with Gasteiger partial charge in [0.15, 0.2) is 0 Å². The SMILES string of the molecule is O=C(NCCN1C(=O)S/C(=C/c2ccc([N+](=O)[O-])cc2)C1=O)c1cc2ccccc2[nH]c1=O. The number of amides is 3. The van der Waals surface area contributed by atoms with Crippen LogP contribution in [0.4, 0.5) is 10.5 Å². The van der Waals surface area contributed by atoms with Crippen LogP contribution in [0.2, 0.25) is 0 Å². The number of carbonyl (C=O) groups is 3. The highest BCUT2D eigenvalue weighted by atomic mass is 32.2. The molecule has 2 N–H and O–H groups in total. The fourth-order valence-corrected chi connectivity index (χ4v) is 4.09. The third-order valence-corrected chi connectivity index (χ3v) is 5.80. The lowest BCUT2D eigenvalue weighted by molar-refractivity contribution is -0.384. The highest BCUT2D eigenvalue weighted by Crippen LogP contribution is 2.32. The number of aromatic nitrogens is 1. The summed E-state index contributed by atoms with van der Waals surface area (Å²) in [5.74, 6) is -1.14. The van der Waals surface area contributed by atoms with E-state index in [-0.39, 0.29) is 29.2 Å². The number of hydrogen-bond donors (Lipinski definition) is 2. The molecular weight excluding hydrogens is 448 g/mol. The Bertz CT molecular complexity index is 1380. The van der Waals surface area contributed by atoms with Crippen molar-refractivity contribution >= 4 is 51.5 Å². The number of para-hydroxylation sites is 1. The minimum absolute atomic E-state index is 0.0338. The fraction of sp³-hybridized carbons (Fsp3) is 0.0909. The number of pyridine rings is 1. The summed E-state index contributed by atoms with van der Waals surface area (Å²) in [5.41, 5.74) is 0.456. The van der Waals surface area contributed by atoms with E-state index in [0.717, 1.165) is 16.7 Å². The molecule has 166 valence electrons. The number of hydrogen-bond acceptors (Lipinski definition) is 7. The number of nitro groups is 1. The van der Waals surface area contributed by atoms with Crippen molar-refractivity contribution in [1.82, 2.24) is 15.2 Å². The first kappa shape index (κ1) is 22.0. The lowest BCUT2D eigenvalue weighted by Crippen LogP contribution is -2.38. The number of thioether (sulfide) groups is 1. The number of carbonyl (C=O) groups excluding carboxylic acids is 3. The molecule has 1 aromatic heterocycles. The van der Waals surface area contributed by atoms with Crippen molar-refractivity contribution in [3.05, 3.63) is 91.1 Å². The predicted octanol–water partition coefficient (Wildman–Crippen LogP) is 2.90. The molecule has 4 rings (SSSR count). The van der Waals surface area contributed by atoms with Crippen molar-refractivity contribution < 1.29 is 19.3 Å². The first-order chi connectivity index (χ1) is 15.8. The van der Waals surface area contributed by atoms with E-state index >= 15 is 0 Å². The average molecular weight is 464 g/mol. The quantitative estimate of drug-likeness (QED) is 0.324. The Labute approximate surface area is 190 Å². The molecule has 2 aromatic carbocycles. The van der Waals surface area contributed by atoms with Crippen molar-refractivity contribution in [2.75, 3.05) is 13.1 Å². The van der Waals surface area contributed by atoms with E-state index in [1.54, 1.807) is 24.3 Å². The van der Waals surface area contributed by atoms with Gasteiger partial charge in [0.1, 0.15) is 5.56 Å². The number of aromatic amines is 1. The summed E-state index contributed by atoms with van der Waals surface area (Å²) < 4.78 is 0. The molecule has 11 heteroatoms. The molecule has 0 saturated carbocycles. The first-order valence-corrected chi connectivity index (χ1v) is 10.6. The van der Waals surface area contributed by atoms with Gasteiger partial charge in [-0.15, -0.1) is 0 Å². The standard InChI is InChI=1S/C22H16N4O6S/c27-19(16-12-14-3-1-2-4-17(14)24-20(16)28)23-9-10-25-21(29)18(33-22(25)30)11-13-5-7-15(8-6-13)26(31)32/h1-8,11-12H,9-10H2,(H,23,27)(H,24,28)/b18-11+. The molecule has 1 saturated heterocycles. The summed E-state index contributed by atoms with van der Waals surface area (Å²) in [6, 6.07) is 14.1. The monoisotopic (exact) mass is 464 g/mol. The van der Waals surface area contributed by atoms with E-state index in [9.17, 15) is 29.3 Å². The van der Waals surface area contributed by atoms with Crippen molar-refractivity contribution in [1.29, 1.82) is 0 Å². The number of rotatable bonds is 6. The largest absolute Gasteiger partial charge is 0.350 e. The molecule has 1 fully saturated rings. The van der Waals surface area contributed by atoms with Crippen molar-refractivity contribution in [3.63, 3.8) is 0 Å². The molecule has 0 bridgehead atoms. The summed E-state index contributed by atoms with van der Waals surface area (Å²) in [4.78, 5) is 63.5. The molecule has 33 heavy (non-hydrogen) atoms. The van der Waals surface area contributed by atoms with Crippen LogP contribution in [-0.2, 0) is 4.79 Å². The molecule has 3 aromatic rings. The Morgan fingerprint density at radius 3 is 2.58 bits per heavy atom. The lowest BCUT2D eigenvalue weighted by atomic mass is 10.1. The van der Waals surface area contributed by atoms with Crippen LogP contribution in [0.15, 0.2) is 64.3 Å². The van der Waals surface area contributed by atoms with Gasteiger partial charge in [-0.05, 0) is 53.1 Å². The molecule has 0 unspecified atom stereocenters. The van der Waals surface area contributed by atoms with E-state index in [4.69, 9.17) is 0 Å². The van der Waals surface area contributed by atoms with Gasteiger partial charge >= 0.3 is 0 Å². The maximum Gasteiger partial charge on any atom is 0.293 e. The molecule has 0 aliphatic carbocycles. The van der Waals surface area contributed by atoms with Crippen LogP contribution in [0, 0.1) is 10.1 Å². The van der Waals surface area contributed by atoms with Gasteiger partial charge in [-0.3, -0.25) is 34.2 Å². The van der Waals surface area contributed by atoms with E-state index in [1.165, 1.54) is 36.4 Å². The second kappa shape index (κ2) is 9.09. The maximum atomic E-state index is 12.6. The minimum atomic E-state index is -0.615. The summed E-state index contributed by atoms with van der Waals surface area (Å²) in [6.45, 7) is -0.104. The number of nitrogens with zero attached hydrogens (tertiary/aromatic N) is 2. The van der Waals surface area contributed by atoms with Crippen LogP contribution in [0.25, 0.3) is 17.0 Å². The summed E-state index contributed by atoms with van der Waals surface area (Å²) in [5, 5.41) is 13.5. The molecule has 2 heterocycles.